The van der Waals surface area contributed by atoms with E-state index in [1.54, 1.807) is 5.38 Å². The number of nitrogens with zero attached hydrogens (tertiary/aromatic N) is 1. The Morgan fingerprint density at radius 1 is 1.56 bits per heavy atom. The second-order valence-electron chi connectivity index (χ2n) is 4.81. The highest BCUT2D eigenvalue weighted by molar-refractivity contribution is 7.11. The molecule has 0 aliphatic carbocycles. The molecule has 0 aliphatic rings. The quantitative estimate of drug-likeness (QED) is 0.808. The Hall–Kier alpha value is -0.940. The summed E-state index contributed by atoms with van der Waals surface area (Å²) in [6, 6.07) is 0. The van der Waals surface area contributed by atoms with Crippen molar-refractivity contribution in [2.45, 2.75) is 33.8 Å². The first-order valence-electron chi connectivity index (χ1n) is 5.14. The molecule has 0 amide bonds. The fourth-order valence-corrected chi connectivity index (χ4v) is 1.67. The molecule has 0 aromatic carbocycles. The van der Waals surface area contributed by atoms with Crippen LogP contribution in [0.1, 0.15) is 42.7 Å². The van der Waals surface area contributed by atoms with E-state index >= 15 is 0 Å². The van der Waals surface area contributed by atoms with Crippen LogP contribution in [0.2, 0.25) is 0 Å². The van der Waals surface area contributed by atoms with Crippen LogP contribution in [0.25, 0.3) is 0 Å². The van der Waals surface area contributed by atoms with Gasteiger partial charge in [-0.05, 0) is 11.8 Å². The standard InChI is InChI=1S/C11H17NO3S/c1-11(2,3)4-5-15-6-8-7-16-9(12-8)10(13)14/h7H,4-6H2,1-3H3,(H,13,14). The average molecular weight is 243 g/mol. The first-order valence-corrected chi connectivity index (χ1v) is 6.02. The van der Waals surface area contributed by atoms with Crippen molar-refractivity contribution in [1.82, 2.24) is 4.98 Å². The van der Waals surface area contributed by atoms with Crippen LogP contribution in [-0.2, 0) is 11.3 Å². The van der Waals surface area contributed by atoms with E-state index in [0.29, 0.717) is 18.9 Å². The van der Waals surface area contributed by atoms with Gasteiger partial charge in [0.2, 0.25) is 5.01 Å². The molecule has 0 aliphatic heterocycles. The highest BCUT2D eigenvalue weighted by atomic mass is 32.1. The predicted molar refractivity (Wildman–Crippen MR) is 62.8 cm³/mol. The Morgan fingerprint density at radius 3 is 2.75 bits per heavy atom. The summed E-state index contributed by atoms with van der Waals surface area (Å²) < 4.78 is 5.44. The van der Waals surface area contributed by atoms with Crippen LogP contribution in [0.15, 0.2) is 5.38 Å². The van der Waals surface area contributed by atoms with Crippen molar-refractivity contribution >= 4 is 17.3 Å². The average Bonchev–Trinajstić information content (AvgIpc) is 2.59. The lowest BCUT2D eigenvalue weighted by Crippen LogP contribution is -2.09. The summed E-state index contributed by atoms with van der Waals surface area (Å²) in [5.74, 6) is -0.981. The lowest BCUT2D eigenvalue weighted by molar-refractivity contribution is 0.0694. The van der Waals surface area contributed by atoms with Gasteiger partial charge in [0, 0.05) is 12.0 Å². The lowest BCUT2D eigenvalue weighted by atomic mass is 9.93. The SMILES string of the molecule is CC(C)(C)CCOCc1csc(C(=O)O)n1. The number of ether oxygens (including phenoxy) is 1. The third-order valence-corrected chi connectivity index (χ3v) is 2.86. The molecule has 1 aromatic heterocycles. The van der Waals surface area contributed by atoms with Crippen LogP contribution >= 0.6 is 11.3 Å². The number of thiazole rings is 1. The van der Waals surface area contributed by atoms with Gasteiger partial charge in [-0.3, -0.25) is 0 Å². The van der Waals surface area contributed by atoms with E-state index in [-0.39, 0.29) is 10.4 Å². The normalized spacial score (nSPS) is 11.7. The monoisotopic (exact) mass is 243 g/mol. The van der Waals surface area contributed by atoms with Gasteiger partial charge in [0.1, 0.15) is 0 Å². The Balaban J connectivity index is 2.30. The lowest BCUT2D eigenvalue weighted by Gasteiger charge is -2.17. The molecule has 0 atom stereocenters. The molecule has 0 saturated heterocycles. The van der Waals surface area contributed by atoms with Crippen molar-refractivity contribution in [3.05, 3.63) is 16.1 Å². The number of carboxylic acid groups (broad SMARTS) is 1. The molecule has 1 heterocycles. The minimum absolute atomic E-state index is 0.120. The topological polar surface area (TPSA) is 59.4 Å². The second-order valence-corrected chi connectivity index (χ2v) is 5.67. The van der Waals surface area contributed by atoms with Crippen LogP contribution in [0, 0.1) is 5.41 Å². The fraction of sp³-hybridized carbons (Fsp3) is 0.636. The van der Waals surface area contributed by atoms with Crippen molar-refractivity contribution in [2.75, 3.05) is 6.61 Å². The number of aromatic carboxylic acids is 1. The van der Waals surface area contributed by atoms with Crippen LogP contribution < -0.4 is 0 Å². The molecule has 1 rings (SSSR count). The number of rotatable bonds is 5. The van der Waals surface area contributed by atoms with Crippen LogP contribution in [0.4, 0.5) is 0 Å². The zero-order valence-corrected chi connectivity index (χ0v) is 10.6. The van der Waals surface area contributed by atoms with Gasteiger partial charge in [0.05, 0.1) is 12.3 Å². The van der Waals surface area contributed by atoms with Crippen LogP contribution in [0.5, 0.6) is 0 Å². The van der Waals surface area contributed by atoms with E-state index in [2.05, 4.69) is 25.8 Å². The molecule has 1 N–H and O–H groups in total. The fourth-order valence-electron chi connectivity index (χ4n) is 1.03. The third-order valence-electron chi connectivity index (χ3n) is 1.98. The number of hydrogen-bond acceptors (Lipinski definition) is 4. The maximum absolute atomic E-state index is 10.6. The van der Waals surface area contributed by atoms with Gasteiger partial charge in [-0.25, -0.2) is 9.78 Å². The molecular formula is C11H17NO3S. The highest BCUT2D eigenvalue weighted by Gasteiger charge is 2.11. The molecule has 4 nitrogen and oxygen atoms in total. The molecule has 1 aromatic rings. The molecule has 0 spiro atoms. The van der Waals surface area contributed by atoms with Crippen LogP contribution in [-0.4, -0.2) is 22.7 Å². The Kier molecular flexibility index (Phi) is 4.44. The maximum atomic E-state index is 10.6. The van der Waals surface area contributed by atoms with Gasteiger partial charge < -0.3 is 9.84 Å². The Bertz CT molecular complexity index is 354. The van der Waals surface area contributed by atoms with E-state index < -0.39 is 5.97 Å². The Labute approximate surface area is 99.3 Å². The number of aromatic nitrogens is 1. The molecule has 0 radical (unpaired) electrons. The van der Waals surface area contributed by atoms with Crippen molar-refractivity contribution in [3.8, 4) is 0 Å². The highest BCUT2D eigenvalue weighted by Crippen LogP contribution is 2.18. The number of hydrogen-bond donors (Lipinski definition) is 1. The molecule has 0 saturated carbocycles. The van der Waals surface area contributed by atoms with E-state index in [9.17, 15) is 4.79 Å². The Morgan fingerprint density at radius 2 is 2.25 bits per heavy atom. The van der Waals surface area contributed by atoms with E-state index in [4.69, 9.17) is 9.84 Å². The minimum atomic E-state index is -0.981. The molecule has 16 heavy (non-hydrogen) atoms. The van der Waals surface area contributed by atoms with Gasteiger partial charge >= 0.3 is 5.97 Å². The van der Waals surface area contributed by atoms with Crippen molar-refractivity contribution in [2.24, 2.45) is 5.41 Å². The molecule has 0 fully saturated rings. The van der Waals surface area contributed by atoms with Gasteiger partial charge in [0.15, 0.2) is 0 Å². The first-order chi connectivity index (χ1) is 7.38. The van der Waals surface area contributed by atoms with Crippen molar-refractivity contribution < 1.29 is 14.6 Å². The summed E-state index contributed by atoms with van der Waals surface area (Å²) in [6.45, 7) is 7.52. The number of carbonyl (C=O) groups is 1. The van der Waals surface area contributed by atoms with Gasteiger partial charge in [0.25, 0.3) is 0 Å². The summed E-state index contributed by atoms with van der Waals surface area (Å²) in [4.78, 5) is 14.5. The van der Waals surface area contributed by atoms with Crippen molar-refractivity contribution in [3.63, 3.8) is 0 Å². The zero-order chi connectivity index (χ0) is 12.2. The van der Waals surface area contributed by atoms with E-state index in [1.165, 1.54) is 0 Å². The first kappa shape index (κ1) is 13.1. The zero-order valence-electron chi connectivity index (χ0n) is 9.82. The predicted octanol–water partition coefficient (Wildman–Crippen LogP) is 2.79. The smallest absolute Gasteiger partial charge is 0.365 e. The summed E-state index contributed by atoms with van der Waals surface area (Å²) in [5, 5.41) is 10.5. The summed E-state index contributed by atoms with van der Waals surface area (Å²) in [7, 11) is 0. The summed E-state index contributed by atoms with van der Waals surface area (Å²) in [6.07, 6.45) is 0.975. The summed E-state index contributed by atoms with van der Waals surface area (Å²) in [5.41, 5.74) is 0.949. The number of carboxylic acids is 1. The molecule has 0 unspecified atom stereocenters. The minimum Gasteiger partial charge on any atom is -0.476 e. The third kappa shape index (κ3) is 4.72. The van der Waals surface area contributed by atoms with Crippen LogP contribution in [0.3, 0.4) is 0 Å². The molecule has 90 valence electrons. The molecule has 5 heteroatoms. The molecule has 0 bridgehead atoms. The largest absolute Gasteiger partial charge is 0.476 e. The van der Waals surface area contributed by atoms with E-state index in [1.807, 2.05) is 0 Å². The second kappa shape index (κ2) is 5.41. The summed E-state index contributed by atoms with van der Waals surface area (Å²) >= 11 is 1.13. The van der Waals surface area contributed by atoms with Crippen molar-refractivity contribution in [1.29, 1.82) is 0 Å². The van der Waals surface area contributed by atoms with E-state index in [0.717, 1.165) is 17.8 Å². The van der Waals surface area contributed by atoms with Gasteiger partial charge in [-0.2, -0.15) is 0 Å². The maximum Gasteiger partial charge on any atom is 0.365 e. The molecular weight excluding hydrogens is 226 g/mol. The van der Waals surface area contributed by atoms with Gasteiger partial charge in [-0.1, -0.05) is 20.8 Å². The van der Waals surface area contributed by atoms with Gasteiger partial charge in [-0.15, -0.1) is 11.3 Å².